The van der Waals surface area contributed by atoms with Crippen molar-refractivity contribution in [1.29, 1.82) is 0 Å². The van der Waals surface area contributed by atoms with Crippen molar-refractivity contribution in [3.8, 4) is 0 Å². The molecular weight excluding hydrogens is 371 g/mol. The maximum atomic E-state index is 12.9. The van der Waals surface area contributed by atoms with E-state index >= 15 is 0 Å². The second-order valence-electron chi connectivity index (χ2n) is 6.18. The molecule has 1 aromatic carbocycles. The highest BCUT2D eigenvalue weighted by Gasteiger charge is 2.30. The predicted molar refractivity (Wildman–Crippen MR) is 98.2 cm³/mol. The molecule has 2 aromatic heterocycles. The molecule has 5 nitrogen and oxygen atoms in total. The van der Waals surface area contributed by atoms with Gasteiger partial charge in [0.15, 0.2) is 0 Å². The maximum absolute atomic E-state index is 12.9. The van der Waals surface area contributed by atoms with Gasteiger partial charge in [-0.25, -0.2) is 4.98 Å². The minimum Gasteiger partial charge on any atom is -0.310 e. The Morgan fingerprint density at radius 2 is 1.93 bits per heavy atom. The van der Waals surface area contributed by atoms with E-state index in [1.165, 1.54) is 41.2 Å². The average molecular weight is 387 g/mol. The number of halogens is 3. The standard InChI is InChI=1S/C20H16F3N3O2/c1-13-5-3-9-24-17(13)25-18(27)16-8-4-10-26(19(16)28)12-14-6-2-7-15(11-14)20(21,22)23/h2-11H,12H2,1H3,(H,24,25,27). The summed E-state index contributed by atoms with van der Waals surface area (Å²) < 4.78 is 39.8. The molecular formula is C20H16F3N3O2. The summed E-state index contributed by atoms with van der Waals surface area (Å²) in [5.74, 6) is -0.301. The van der Waals surface area contributed by atoms with Gasteiger partial charge in [-0.3, -0.25) is 9.59 Å². The number of hydrogen-bond donors (Lipinski definition) is 1. The quantitative estimate of drug-likeness (QED) is 0.739. The number of nitrogens with zero attached hydrogens (tertiary/aromatic N) is 2. The number of hydrogen-bond acceptors (Lipinski definition) is 3. The average Bonchev–Trinajstić information content (AvgIpc) is 2.65. The molecule has 0 aliphatic rings. The normalized spacial score (nSPS) is 11.3. The zero-order valence-corrected chi connectivity index (χ0v) is 14.8. The molecule has 28 heavy (non-hydrogen) atoms. The van der Waals surface area contributed by atoms with E-state index in [4.69, 9.17) is 0 Å². The lowest BCUT2D eigenvalue weighted by molar-refractivity contribution is -0.137. The van der Waals surface area contributed by atoms with Gasteiger partial charge in [0.05, 0.1) is 12.1 Å². The molecule has 0 bridgehead atoms. The molecule has 0 aliphatic heterocycles. The van der Waals surface area contributed by atoms with Crippen LogP contribution in [0.3, 0.4) is 0 Å². The number of pyridine rings is 2. The van der Waals surface area contributed by atoms with Gasteiger partial charge in [0.2, 0.25) is 0 Å². The van der Waals surface area contributed by atoms with Gasteiger partial charge in [-0.05, 0) is 48.4 Å². The van der Waals surface area contributed by atoms with Crippen molar-refractivity contribution < 1.29 is 18.0 Å². The number of aromatic nitrogens is 2. The van der Waals surface area contributed by atoms with Crippen molar-refractivity contribution in [2.24, 2.45) is 0 Å². The molecule has 8 heteroatoms. The molecule has 3 aromatic rings. The molecule has 1 N–H and O–H groups in total. The number of carbonyl (C=O) groups excluding carboxylic acids is 1. The molecule has 2 heterocycles. The lowest BCUT2D eigenvalue weighted by atomic mass is 10.1. The van der Waals surface area contributed by atoms with Crippen LogP contribution in [0.2, 0.25) is 0 Å². The van der Waals surface area contributed by atoms with Gasteiger partial charge in [-0.1, -0.05) is 18.2 Å². The number of benzene rings is 1. The second-order valence-corrected chi connectivity index (χ2v) is 6.18. The molecule has 0 spiro atoms. The van der Waals surface area contributed by atoms with Crippen molar-refractivity contribution in [1.82, 2.24) is 9.55 Å². The molecule has 0 unspecified atom stereocenters. The van der Waals surface area contributed by atoms with Crippen LogP contribution in [0, 0.1) is 6.92 Å². The van der Waals surface area contributed by atoms with E-state index in [0.29, 0.717) is 11.4 Å². The summed E-state index contributed by atoms with van der Waals surface area (Å²) >= 11 is 0. The van der Waals surface area contributed by atoms with Gasteiger partial charge in [0.1, 0.15) is 11.4 Å². The zero-order chi connectivity index (χ0) is 20.3. The van der Waals surface area contributed by atoms with E-state index in [2.05, 4.69) is 10.3 Å². The summed E-state index contributed by atoms with van der Waals surface area (Å²) in [6.45, 7) is 1.67. The highest BCUT2D eigenvalue weighted by Crippen LogP contribution is 2.29. The Morgan fingerprint density at radius 1 is 1.14 bits per heavy atom. The van der Waals surface area contributed by atoms with E-state index in [-0.39, 0.29) is 12.1 Å². The van der Waals surface area contributed by atoms with E-state index in [0.717, 1.165) is 17.7 Å². The SMILES string of the molecule is Cc1cccnc1NC(=O)c1cccn(Cc2cccc(C(F)(F)F)c2)c1=O. The van der Waals surface area contributed by atoms with Crippen LogP contribution in [0.25, 0.3) is 0 Å². The third kappa shape index (κ3) is 4.28. The van der Waals surface area contributed by atoms with Crippen molar-refractivity contribution in [2.75, 3.05) is 5.32 Å². The Bertz CT molecular complexity index is 1070. The smallest absolute Gasteiger partial charge is 0.310 e. The summed E-state index contributed by atoms with van der Waals surface area (Å²) in [6, 6.07) is 11.1. The van der Waals surface area contributed by atoms with Crippen LogP contribution in [0.5, 0.6) is 0 Å². The van der Waals surface area contributed by atoms with Crippen molar-refractivity contribution in [3.05, 3.63) is 93.5 Å². The summed E-state index contributed by atoms with van der Waals surface area (Å²) in [7, 11) is 0. The van der Waals surface area contributed by atoms with Crippen molar-refractivity contribution in [2.45, 2.75) is 19.6 Å². The van der Waals surface area contributed by atoms with Gasteiger partial charge in [-0.15, -0.1) is 0 Å². The lowest BCUT2D eigenvalue weighted by Crippen LogP contribution is -2.29. The molecule has 3 rings (SSSR count). The fraction of sp³-hybridized carbons (Fsp3) is 0.150. The van der Waals surface area contributed by atoms with E-state index in [1.807, 2.05) is 0 Å². The molecule has 0 aliphatic carbocycles. The van der Waals surface area contributed by atoms with Gasteiger partial charge < -0.3 is 9.88 Å². The molecule has 0 saturated carbocycles. The first kappa shape index (κ1) is 19.3. The molecule has 0 saturated heterocycles. The first-order chi connectivity index (χ1) is 13.3. The highest BCUT2D eigenvalue weighted by molar-refractivity contribution is 6.03. The number of amides is 1. The maximum Gasteiger partial charge on any atom is 0.416 e. The van der Waals surface area contributed by atoms with Crippen molar-refractivity contribution >= 4 is 11.7 Å². The zero-order valence-electron chi connectivity index (χ0n) is 14.8. The molecule has 0 atom stereocenters. The molecule has 144 valence electrons. The van der Waals surface area contributed by atoms with Gasteiger partial charge in [0, 0.05) is 12.4 Å². The Morgan fingerprint density at radius 3 is 2.64 bits per heavy atom. The Balaban J connectivity index is 1.87. The Kier molecular flexibility index (Phi) is 5.30. The lowest BCUT2D eigenvalue weighted by Gasteiger charge is -2.11. The third-order valence-electron chi connectivity index (χ3n) is 4.11. The van der Waals surface area contributed by atoms with Gasteiger partial charge in [-0.2, -0.15) is 13.2 Å². The second kappa shape index (κ2) is 7.67. The largest absolute Gasteiger partial charge is 0.416 e. The predicted octanol–water partition coefficient (Wildman–Crippen LogP) is 3.87. The van der Waals surface area contributed by atoms with E-state index < -0.39 is 23.2 Å². The molecule has 0 radical (unpaired) electrons. The van der Waals surface area contributed by atoms with E-state index in [9.17, 15) is 22.8 Å². The third-order valence-corrected chi connectivity index (χ3v) is 4.11. The van der Waals surface area contributed by atoms with Crippen LogP contribution < -0.4 is 10.9 Å². The minimum atomic E-state index is -4.47. The highest BCUT2D eigenvalue weighted by atomic mass is 19.4. The van der Waals surface area contributed by atoms with E-state index in [1.54, 1.807) is 19.1 Å². The fourth-order valence-corrected chi connectivity index (χ4v) is 2.67. The molecule has 1 amide bonds. The first-order valence-electron chi connectivity index (χ1n) is 8.34. The minimum absolute atomic E-state index is 0.0908. The molecule has 0 fully saturated rings. The van der Waals surface area contributed by atoms with Crippen LogP contribution in [0.15, 0.2) is 65.7 Å². The Hall–Kier alpha value is -3.42. The summed E-state index contributed by atoms with van der Waals surface area (Å²) in [6.07, 6.45) is -1.53. The number of aryl methyl sites for hydroxylation is 1. The van der Waals surface area contributed by atoms with Crippen LogP contribution in [0.4, 0.5) is 19.0 Å². The Labute approximate surface area is 158 Å². The summed E-state index contributed by atoms with van der Waals surface area (Å²) in [5, 5.41) is 2.58. The van der Waals surface area contributed by atoms with Gasteiger partial charge >= 0.3 is 6.18 Å². The number of anilines is 1. The number of alkyl halides is 3. The van der Waals surface area contributed by atoms with Crippen LogP contribution in [-0.4, -0.2) is 15.5 Å². The number of nitrogens with one attached hydrogen (secondary N) is 1. The van der Waals surface area contributed by atoms with Crippen molar-refractivity contribution in [3.63, 3.8) is 0 Å². The fourth-order valence-electron chi connectivity index (χ4n) is 2.67. The van der Waals surface area contributed by atoms with Gasteiger partial charge in [0.25, 0.3) is 11.5 Å². The van der Waals surface area contributed by atoms with Crippen LogP contribution in [0.1, 0.15) is 27.0 Å². The summed E-state index contributed by atoms with van der Waals surface area (Å²) in [5.41, 5.74) is -0.491. The number of rotatable bonds is 4. The summed E-state index contributed by atoms with van der Waals surface area (Å²) in [4.78, 5) is 29.1. The first-order valence-corrected chi connectivity index (χ1v) is 8.34. The van der Waals surface area contributed by atoms with Crippen LogP contribution >= 0.6 is 0 Å². The topological polar surface area (TPSA) is 64.0 Å². The monoisotopic (exact) mass is 387 g/mol. The van der Waals surface area contributed by atoms with Crippen LogP contribution in [-0.2, 0) is 12.7 Å². The number of carbonyl (C=O) groups is 1.